The zero-order chi connectivity index (χ0) is 15.9. The lowest BCUT2D eigenvalue weighted by molar-refractivity contribution is -0.121. The van der Waals surface area contributed by atoms with Gasteiger partial charge in [0.1, 0.15) is 0 Å². The first-order chi connectivity index (χ1) is 10.6. The van der Waals surface area contributed by atoms with E-state index in [4.69, 9.17) is 0 Å². The molecule has 0 spiro atoms. The molecule has 0 aliphatic rings. The SMILES string of the molecule is CCCC(=O)NCCc1cccc2ccc(CS(=O)[O-])cc12. The number of hydrogen-bond acceptors (Lipinski definition) is 3. The third-order valence-corrected chi connectivity index (χ3v) is 4.08. The Balaban J connectivity index is 2.14. The summed E-state index contributed by atoms with van der Waals surface area (Å²) in [6.07, 6.45) is 2.13. The number of benzene rings is 2. The fraction of sp³-hybridized carbons (Fsp3) is 0.353. The van der Waals surface area contributed by atoms with E-state index in [0.717, 1.165) is 34.7 Å². The Kier molecular flexibility index (Phi) is 6.10. The molecule has 0 radical (unpaired) electrons. The monoisotopic (exact) mass is 318 g/mol. The van der Waals surface area contributed by atoms with Gasteiger partial charge in [-0.1, -0.05) is 48.3 Å². The van der Waals surface area contributed by atoms with Gasteiger partial charge >= 0.3 is 0 Å². The van der Waals surface area contributed by atoms with Crippen LogP contribution in [0.3, 0.4) is 0 Å². The molecule has 4 nitrogen and oxygen atoms in total. The number of nitrogens with one attached hydrogen (secondary N) is 1. The van der Waals surface area contributed by atoms with Crippen LogP contribution in [0, 0.1) is 0 Å². The second-order valence-corrected chi connectivity index (χ2v) is 6.17. The maximum absolute atomic E-state index is 11.5. The number of hydrogen-bond donors (Lipinski definition) is 1. The number of carbonyl (C=O) groups excluding carboxylic acids is 1. The van der Waals surface area contributed by atoms with E-state index in [2.05, 4.69) is 5.32 Å². The van der Waals surface area contributed by atoms with Crippen molar-refractivity contribution in [2.75, 3.05) is 6.54 Å². The van der Waals surface area contributed by atoms with E-state index < -0.39 is 11.1 Å². The molecule has 0 fully saturated rings. The summed E-state index contributed by atoms with van der Waals surface area (Å²) in [6, 6.07) is 11.7. The maximum atomic E-state index is 11.5. The molecule has 0 saturated heterocycles. The second kappa shape index (κ2) is 8.06. The van der Waals surface area contributed by atoms with Crippen LogP contribution in [0.25, 0.3) is 10.8 Å². The normalized spacial score (nSPS) is 12.3. The minimum atomic E-state index is -2.09. The van der Waals surface area contributed by atoms with Crippen LogP contribution in [0.4, 0.5) is 0 Å². The van der Waals surface area contributed by atoms with Gasteiger partial charge < -0.3 is 9.87 Å². The van der Waals surface area contributed by atoms with E-state index in [1.165, 1.54) is 0 Å². The Morgan fingerprint density at radius 3 is 2.82 bits per heavy atom. The van der Waals surface area contributed by atoms with Gasteiger partial charge in [-0.3, -0.25) is 9.00 Å². The fourth-order valence-corrected chi connectivity index (χ4v) is 2.93. The number of rotatable bonds is 7. The highest BCUT2D eigenvalue weighted by molar-refractivity contribution is 7.78. The predicted octanol–water partition coefficient (Wildman–Crippen LogP) is 2.68. The summed E-state index contributed by atoms with van der Waals surface area (Å²) in [6.45, 7) is 2.57. The first-order valence-electron chi connectivity index (χ1n) is 7.43. The number of fused-ring (bicyclic) bond motifs is 1. The molecule has 5 heteroatoms. The Bertz CT molecular complexity index is 685. The lowest BCUT2D eigenvalue weighted by Gasteiger charge is -2.11. The number of carbonyl (C=O) groups is 1. The van der Waals surface area contributed by atoms with Crippen LogP contribution in [-0.2, 0) is 28.0 Å². The molecule has 0 heterocycles. The Labute approximate surface area is 133 Å². The van der Waals surface area contributed by atoms with Gasteiger partial charge in [-0.05, 0) is 40.8 Å². The summed E-state index contributed by atoms with van der Waals surface area (Å²) < 4.78 is 21.7. The summed E-state index contributed by atoms with van der Waals surface area (Å²) in [4.78, 5) is 11.5. The largest absolute Gasteiger partial charge is 0.772 e. The van der Waals surface area contributed by atoms with Crippen LogP contribution < -0.4 is 5.32 Å². The Morgan fingerprint density at radius 1 is 1.27 bits per heavy atom. The van der Waals surface area contributed by atoms with Crippen molar-refractivity contribution in [3.8, 4) is 0 Å². The third kappa shape index (κ3) is 4.64. The smallest absolute Gasteiger partial charge is 0.219 e. The first-order valence-corrected chi connectivity index (χ1v) is 8.67. The van der Waals surface area contributed by atoms with E-state index in [1.807, 2.05) is 43.3 Å². The van der Waals surface area contributed by atoms with Crippen molar-refractivity contribution in [2.24, 2.45) is 0 Å². The molecule has 2 rings (SSSR count). The molecule has 0 saturated carbocycles. The van der Waals surface area contributed by atoms with Gasteiger partial charge in [0.2, 0.25) is 5.91 Å². The molecule has 2 aromatic carbocycles. The van der Waals surface area contributed by atoms with Gasteiger partial charge in [0, 0.05) is 18.7 Å². The van der Waals surface area contributed by atoms with Gasteiger partial charge in [0.25, 0.3) is 0 Å². The van der Waals surface area contributed by atoms with Crippen molar-refractivity contribution >= 4 is 27.8 Å². The summed E-state index contributed by atoms with van der Waals surface area (Å²) in [5.74, 6) is 0.0995. The molecule has 22 heavy (non-hydrogen) atoms. The zero-order valence-corrected chi connectivity index (χ0v) is 13.4. The number of amides is 1. The highest BCUT2D eigenvalue weighted by Gasteiger charge is 2.04. The van der Waals surface area contributed by atoms with Crippen molar-refractivity contribution in [1.82, 2.24) is 5.32 Å². The van der Waals surface area contributed by atoms with Gasteiger partial charge in [-0.2, -0.15) is 0 Å². The average Bonchev–Trinajstić information content (AvgIpc) is 2.47. The standard InChI is InChI=1S/C17H21NO3S/c1-2-4-17(19)18-10-9-15-6-3-5-14-8-7-13(11-16(14)15)12-22(20)21/h3,5-8,11H,2,4,9-10,12H2,1H3,(H,18,19)(H,20,21)/p-1. The molecule has 0 bridgehead atoms. The molecule has 1 amide bonds. The van der Waals surface area contributed by atoms with Gasteiger partial charge in [0.05, 0.1) is 0 Å². The molecule has 0 aliphatic heterocycles. The van der Waals surface area contributed by atoms with Crippen LogP contribution in [0.15, 0.2) is 36.4 Å². The summed E-state index contributed by atoms with van der Waals surface area (Å²) in [5, 5.41) is 5.04. The molecule has 0 aromatic heterocycles. The van der Waals surface area contributed by atoms with E-state index in [-0.39, 0.29) is 11.7 Å². The van der Waals surface area contributed by atoms with E-state index in [9.17, 15) is 13.6 Å². The highest BCUT2D eigenvalue weighted by atomic mass is 32.2. The summed E-state index contributed by atoms with van der Waals surface area (Å²) in [5.41, 5.74) is 1.90. The third-order valence-electron chi connectivity index (χ3n) is 3.51. The molecule has 1 atom stereocenters. The highest BCUT2D eigenvalue weighted by Crippen LogP contribution is 2.21. The van der Waals surface area contributed by atoms with E-state index in [1.54, 1.807) is 0 Å². The predicted molar refractivity (Wildman–Crippen MR) is 88.2 cm³/mol. The van der Waals surface area contributed by atoms with Gasteiger partial charge in [-0.15, -0.1) is 0 Å². The molecule has 2 aromatic rings. The Morgan fingerprint density at radius 2 is 2.09 bits per heavy atom. The molecule has 1 unspecified atom stereocenters. The lowest BCUT2D eigenvalue weighted by Crippen LogP contribution is -2.25. The molecule has 118 valence electrons. The van der Waals surface area contributed by atoms with Gasteiger partial charge in [-0.25, -0.2) is 0 Å². The summed E-state index contributed by atoms with van der Waals surface area (Å²) in [7, 11) is 0. The van der Waals surface area contributed by atoms with Crippen molar-refractivity contribution in [1.29, 1.82) is 0 Å². The van der Waals surface area contributed by atoms with Crippen LogP contribution >= 0.6 is 0 Å². The maximum Gasteiger partial charge on any atom is 0.219 e. The first kappa shape index (κ1) is 16.6. The van der Waals surface area contributed by atoms with Crippen molar-refractivity contribution in [2.45, 2.75) is 31.9 Å². The molecular formula is C17H20NO3S-. The van der Waals surface area contributed by atoms with Crippen LogP contribution in [0.1, 0.15) is 30.9 Å². The van der Waals surface area contributed by atoms with Crippen molar-refractivity contribution in [3.63, 3.8) is 0 Å². The van der Waals surface area contributed by atoms with Crippen LogP contribution in [0.5, 0.6) is 0 Å². The Hall–Kier alpha value is -1.72. The van der Waals surface area contributed by atoms with Crippen LogP contribution in [0.2, 0.25) is 0 Å². The minimum absolute atomic E-state index is 0.0253. The summed E-state index contributed by atoms with van der Waals surface area (Å²) >= 11 is -2.09. The molecule has 1 N–H and O–H groups in total. The zero-order valence-electron chi connectivity index (χ0n) is 12.6. The molecule has 0 aliphatic carbocycles. The van der Waals surface area contributed by atoms with Crippen molar-refractivity contribution < 1.29 is 13.6 Å². The minimum Gasteiger partial charge on any atom is -0.772 e. The quantitative estimate of drug-likeness (QED) is 0.798. The fourth-order valence-electron chi connectivity index (χ4n) is 2.48. The molecular weight excluding hydrogens is 298 g/mol. The van der Waals surface area contributed by atoms with Crippen molar-refractivity contribution in [3.05, 3.63) is 47.5 Å². The van der Waals surface area contributed by atoms with Gasteiger partial charge in [0.15, 0.2) is 0 Å². The van der Waals surface area contributed by atoms with Crippen LogP contribution in [-0.4, -0.2) is 21.2 Å². The lowest BCUT2D eigenvalue weighted by atomic mass is 10.0. The van der Waals surface area contributed by atoms with E-state index in [0.29, 0.717) is 13.0 Å². The second-order valence-electron chi connectivity index (χ2n) is 5.27. The average molecular weight is 318 g/mol. The van der Waals surface area contributed by atoms with E-state index >= 15 is 0 Å². The topological polar surface area (TPSA) is 69.2 Å².